The van der Waals surface area contributed by atoms with Crippen molar-refractivity contribution in [1.29, 1.82) is 0 Å². The Bertz CT molecular complexity index is 4310. The van der Waals surface area contributed by atoms with Gasteiger partial charge in [0.25, 0.3) is 0 Å². The van der Waals surface area contributed by atoms with Gasteiger partial charge < -0.3 is 28.1 Å². The first-order chi connectivity index (χ1) is 43.4. The van der Waals surface area contributed by atoms with Gasteiger partial charge in [-0.1, -0.05) is 183 Å². The minimum absolute atomic E-state index is 0.0491. The summed E-state index contributed by atoms with van der Waals surface area (Å²) in [4.78, 5) is 0. The summed E-state index contributed by atoms with van der Waals surface area (Å²) in [6.07, 6.45) is 2.30. The van der Waals surface area contributed by atoms with Gasteiger partial charge in [0.1, 0.15) is 28.9 Å². The van der Waals surface area contributed by atoms with Crippen molar-refractivity contribution in [2.75, 3.05) is 13.2 Å². The molecule has 0 unspecified atom stereocenters. The third-order valence-electron chi connectivity index (χ3n) is 18.6. The van der Waals surface area contributed by atoms with Crippen molar-refractivity contribution < 1.29 is 27.7 Å². The lowest BCUT2D eigenvalue weighted by Crippen LogP contribution is -2.36. The number of hydrogen-bond acceptors (Lipinski definition) is 4. The van der Waals surface area contributed by atoms with Crippen LogP contribution in [0.5, 0.6) is 23.0 Å². The van der Waals surface area contributed by atoms with Crippen molar-refractivity contribution in [3.05, 3.63) is 191 Å². The molecule has 0 saturated carbocycles. The van der Waals surface area contributed by atoms with Crippen LogP contribution < -0.4 is 18.9 Å². The van der Waals surface area contributed by atoms with Crippen LogP contribution in [-0.4, -0.2) is 28.1 Å². The predicted molar refractivity (Wildman–Crippen MR) is 393 cm³/mol. The number of nitrogens with zero attached hydrogens (tertiary/aromatic N) is 2. The Morgan fingerprint density at radius 2 is 0.713 bits per heavy atom. The molecule has 498 valence electrons. The van der Waals surface area contributed by atoms with Crippen LogP contribution in [-0.2, 0) is 32.5 Å². The van der Waals surface area contributed by atoms with E-state index in [1.54, 1.807) is 24.3 Å². The van der Waals surface area contributed by atoms with Crippen molar-refractivity contribution in [3.63, 3.8) is 0 Å². The zero-order valence-electron chi connectivity index (χ0n) is 61.2. The topological polar surface area (TPSA) is 46.8 Å². The highest BCUT2D eigenvalue weighted by atomic mass is 19.1. The van der Waals surface area contributed by atoms with Crippen molar-refractivity contribution in [2.24, 2.45) is 10.8 Å². The second-order valence-electron chi connectivity index (χ2n) is 35.1. The third-order valence-corrected chi connectivity index (χ3v) is 18.6. The molecule has 0 bridgehead atoms. The van der Waals surface area contributed by atoms with E-state index >= 15 is 4.39 Å². The van der Waals surface area contributed by atoms with Gasteiger partial charge in [-0.05, 0) is 205 Å². The smallest absolute Gasteiger partial charge is 0.246 e. The fourth-order valence-corrected chi connectivity index (χ4v) is 14.3. The molecule has 94 heavy (non-hydrogen) atoms. The molecule has 0 amide bonds. The van der Waals surface area contributed by atoms with Crippen molar-refractivity contribution >= 4 is 43.6 Å². The molecule has 0 aliphatic rings. The fourth-order valence-electron chi connectivity index (χ4n) is 14.3. The van der Waals surface area contributed by atoms with Crippen LogP contribution in [0.1, 0.15) is 219 Å². The summed E-state index contributed by atoms with van der Waals surface area (Å²) >= 11 is 0. The Balaban J connectivity index is 1.25. The number of hydrogen-bond donors (Lipinski definition) is 0. The molecule has 6 nitrogen and oxygen atoms in total. The molecule has 2 heterocycles. The summed E-state index contributed by atoms with van der Waals surface area (Å²) in [5.74, 6) is 0.0433. The third kappa shape index (κ3) is 14.9. The molecular formula is C86H106F2N2O4. The van der Waals surface area contributed by atoms with Gasteiger partial charge in [-0.25, -0.2) is 8.78 Å². The first-order valence-electron chi connectivity index (χ1n) is 34.1. The van der Waals surface area contributed by atoms with Crippen LogP contribution in [0, 0.1) is 22.5 Å². The van der Waals surface area contributed by atoms with Crippen molar-refractivity contribution in [3.8, 4) is 45.5 Å². The van der Waals surface area contributed by atoms with Gasteiger partial charge in [-0.2, -0.15) is 0 Å². The number of benzene rings is 8. The van der Waals surface area contributed by atoms with E-state index in [0.717, 1.165) is 62.6 Å². The van der Waals surface area contributed by atoms with Crippen LogP contribution in [0.4, 0.5) is 8.78 Å². The number of halogens is 2. The van der Waals surface area contributed by atoms with E-state index < -0.39 is 17.0 Å². The van der Waals surface area contributed by atoms with E-state index in [1.807, 2.05) is 13.8 Å². The number of rotatable bonds is 17. The van der Waals surface area contributed by atoms with E-state index in [9.17, 15) is 4.39 Å². The lowest BCUT2D eigenvalue weighted by atomic mass is 9.71. The normalized spacial score (nSPS) is 13.4. The Hall–Kier alpha value is -7.58. The molecule has 0 aliphatic carbocycles. The minimum Gasteiger partial charge on any atom is -0.493 e. The van der Waals surface area contributed by atoms with E-state index in [2.05, 4.69) is 265 Å². The minimum atomic E-state index is -1.41. The molecule has 10 aromatic rings. The molecule has 10 rings (SSSR count). The van der Waals surface area contributed by atoms with Gasteiger partial charge in [0.2, 0.25) is 5.79 Å². The average molecular weight is 1270 g/mol. The SMILES string of the molecule is CC(C)(C)CC(C)(C)c1ccc(OC(C)(C)Oc2c(-c3cc(F)ccc3OCCCOc3ccc(F)cc3)cc(C(C)(C)CC(C)(C)C)cc2-n2c3ccc(C(C)(C)C)cc3c3cc(C(C)(C)C)ccc32)c(-n2c3ccc(C(C)(C)C)cc3c3cc(C(C)(C)C)ccc32)c1. The standard InChI is InChI=1S/C86H106F2N2O4/c1-78(2,3)52-84(19,20)58-30-40-76(73(49-58)89-69-36-26-54(80(7,8)9)44-63(69)64-45-55(81(10,11)12)27-37-70(64)89)93-86(23,24)94-77-68(67-51-61(88)33-41-75(67)92-43-25-42-91-62-34-31-60(87)32-35-62)48-59(85(21,22)53-79(4,5)6)50-74(77)90-71-38-28-56(82(13,14)15)46-65(71)66-47-57(83(16,17)18)29-39-72(66)90/h26-41,44-51H,25,42-43,52-53H2,1-24H3. The van der Waals surface area contributed by atoms with Gasteiger partial charge in [-0.3, -0.25) is 0 Å². The lowest BCUT2D eigenvalue weighted by molar-refractivity contribution is -0.0805. The number of fused-ring (bicyclic) bond motifs is 6. The van der Waals surface area contributed by atoms with Crippen LogP contribution in [0.2, 0.25) is 0 Å². The molecule has 0 N–H and O–H groups in total. The summed E-state index contributed by atoms with van der Waals surface area (Å²) in [5.41, 5.74) is 13.2. The van der Waals surface area contributed by atoms with Crippen molar-refractivity contribution in [1.82, 2.24) is 9.13 Å². The molecule has 0 atom stereocenters. The first kappa shape index (κ1) is 69.3. The van der Waals surface area contributed by atoms with Crippen LogP contribution in [0.15, 0.2) is 146 Å². The molecule has 0 spiro atoms. The zero-order valence-corrected chi connectivity index (χ0v) is 61.2. The Morgan fingerprint density at radius 3 is 1.15 bits per heavy atom. The zero-order chi connectivity index (χ0) is 68.8. The van der Waals surface area contributed by atoms with Gasteiger partial charge in [0.05, 0.1) is 46.7 Å². The predicted octanol–water partition coefficient (Wildman–Crippen LogP) is 24.5. The molecule has 0 radical (unpaired) electrons. The van der Waals surface area contributed by atoms with Crippen LogP contribution >= 0.6 is 0 Å². The van der Waals surface area contributed by atoms with E-state index in [-0.39, 0.29) is 50.3 Å². The monoisotopic (exact) mass is 1270 g/mol. The highest BCUT2D eigenvalue weighted by Gasteiger charge is 2.36. The van der Waals surface area contributed by atoms with Crippen molar-refractivity contribution in [2.45, 2.75) is 224 Å². The van der Waals surface area contributed by atoms with Gasteiger partial charge in [0, 0.05) is 52.9 Å². The van der Waals surface area contributed by atoms with Gasteiger partial charge in [-0.15, -0.1) is 0 Å². The Kier molecular flexibility index (Phi) is 18.1. The highest BCUT2D eigenvalue weighted by Crippen LogP contribution is 2.51. The van der Waals surface area contributed by atoms with E-state index in [1.165, 1.54) is 56.8 Å². The first-order valence-corrected chi connectivity index (χ1v) is 34.1. The summed E-state index contributed by atoms with van der Waals surface area (Å²) in [5, 5.41) is 4.62. The largest absolute Gasteiger partial charge is 0.493 e. The average Bonchev–Trinajstić information content (AvgIpc) is 1.54. The molecule has 8 aromatic carbocycles. The maximum atomic E-state index is 16.7. The van der Waals surface area contributed by atoms with Crippen LogP contribution in [0.25, 0.3) is 66.1 Å². The summed E-state index contributed by atoms with van der Waals surface area (Å²) in [6, 6.07) is 49.8. The summed E-state index contributed by atoms with van der Waals surface area (Å²) < 4.78 is 63.7. The lowest BCUT2D eigenvalue weighted by Gasteiger charge is -2.36. The molecule has 2 aromatic heterocycles. The fraction of sp³-hybridized carbons (Fsp3) is 0.442. The maximum Gasteiger partial charge on any atom is 0.246 e. The Morgan fingerprint density at radius 1 is 0.330 bits per heavy atom. The highest BCUT2D eigenvalue weighted by molar-refractivity contribution is 6.11. The molecule has 0 aliphatic heterocycles. The molecular weight excluding hydrogens is 1160 g/mol. The number of aromatic nitrogens is 2. The second-order valence-corrected chi connectivity index (χ2v) is 35.1. The quantitative estimate of drug-likeness (QED) is 0.0673. The Labute approximate surface area is 561 Å². The molecule has 0 fully saturated rings. The van der Waals surface area contributed by atoms with Gasteiger partial charge in [0.15, 0.2) is 5.75 Å². The molecule has 8 heteroatoms. The van der Waals surface area contributed by atoms with E-state index in [0.29, 0.717) is 47.2 Å². The second kappa shape index (κ2) is 24.6. The van der Waals surface area contributed by atoms with Gasteiger partial charge >= 0.3 is 0 Å². The summed E-state index contributed by atoms with van der Waals surface area (Å²) in [7, 11) is 0. The van der Waals surface area contributed by atoms with E-state index in [4.69, 9.17) is 18.9 Å². The maximum absolute atomic E-state index is 16.7. The number of ether oxygens (including phenoxy) is 4. The van der Waals surface area contributed by atoms with Crippen LogP contribution in [0.3, 0.4) is 0 Å². The summed E-state index contributed by atoms with van der Waals surface area (Å²) in [6.45, 7) is 55.0. The molecule has 0 saturated heterocycles.